The van der Waals surface area contributed by atoms with E-state index in [9.17, 15) is 23.7 Å². The predicted octanol–water partition coefficient (Wildman–Crippen LogP) is 3.93. The third-order valence-electron chi connectivity index (χ3n) is 3.01. The Morgan fingerprint density at radius 2 is 1.92 bits per heavy atom. The molecule has 0 spiro atoms. The van der Waals surface area contributed by atoms with E-state index in [4.69, 9.17) is 16.3 Å². The standard InChI is InChI=1S/C15H11ClF2N2O4/c1-8(15(21)19-14-11(17)3-2-4-12(14)18)24-13-6-5-9(20(22)23)7-10(13)16/h2-8H,1H3,(H,19,21)/t8-/m0/s1. The van der Waals surface area contributed by atoms with Crippen molar-refractivity contribution in [2.45, 2.75) is 13.0 Å². The van der Waals surface area contributed by atoms with Crippen molar-refractivity contribution in [1.82, 2.24) is 0 Å². The Labute approximate surface area is 140 Å². The van der Waals surface area contributed by atoms with Gasteiger partial charge in [0, 0.05) is 12.1 Å². The van der Waals surface area contributed by atoms with Gasteiger partial charge in [-0.05, 0) is 25.1 Å². The molecule has 0 aliphatic heterocycles. The van der Waals surface area contributed by atoms with Crippen LogP contribution in [0.5, 0.6) is 5.75 Å². The fraction of sp³-hybridized carbons (Fsp3) is 0.133. The highest BCUT2D eigenvalue weighted by molar-refractivity contribution is 6.32. The number of nitro groups is 1. The molecule has 1 atom stereocenters. The van der Waals surface area contributed by atoms with Crippen molar-refractivity contribution in [3.05, 3.63) is 63.2 Å². The van der Waals surface area contributed by atoms with Crippen LogP contribution in [-0.4, -0.2) is 16.9 Å². The number of amides is 1. The smallest absolute Gasteiger partial charge is 0.271 e. The number of hydrogen-bond acceptors (Lipinski definition) is 4. The van der Waals surface area contributed by atoms with Crippen molar-refractivity contribution in [2.24, 2.45) is 0 Å². The van der Waals surface area contributed by atoms with E-state index in [1.807, 2.05) is 0 Å². The molecular weight excluding hydrogens is 346 g/mol. The highest BCUT2D eigenvalue weighted by Crippen LogP contribution is 2.29. The fourth-order valence-electron chi connectivity index (χ4n) is 1.78. The SMILES string of the molecule is C[C@H](Oc1ccc([N+](=O)[O-])cc1Cl)C(=O)Nc1c(F)cccc1F. The fourth-order valence-corrected chi connectivity index (χ4v) is 2.00. The molecular formula is C15H11ClF2N2O4. The second-order valence-corrected chi connectivity index (χ2v) is 5.13. The highest BCUT2D eigenvalue weighted by atomic mass is 35.5. The van der Waals surface area contributed by atoms with Gasteiger partial charge in [-0.15, -0.1) is 0 Å². The minimum Gasteiger partial charge on any atom is -0.479 e. The maximum atomic E-state index is 13.5. The molecule has 2 rings (SSSR count). The van der Waals surface area contributed by atoms with E-state index < -0.39 is 34.3 Å². The van der Waals surface area contributed by atoms with Crippen molar-refractivity contribution in [2.75, 3.05) is 5.32 Å². The first-order valence-electron chi connectivity index (χ1n) is 6.65. The number of halogens is 3. The first kappa shape index (κ1) is 17.6. The zero-order chi connectivity index (χ0) is 17.9. The molecule has 2 aromatic carbocycles. The molecule has 0 aromatic heterocycles. The molecule has 1 amide bonds. The Kier molecular flexibility index (Phi) is 5.30. The molecule has 9 heteroatoms. The average Bonchev–Trinajstić information content (AvgIpc) is 2.52. The lowest BCUT2D eigenvalue weighted by atomic mass is 10.2. The molecule has 0 radical (unpaired) electrons. The number of rotatable bonds is 5. The van der Waals surface area contributed by atoms with Gasteiger partial charge in [0.25, 0.3) is 11.6 Å². The van der Waals surface area contributed by atoms with Crippen LogP contribution in [0.1, 0.15) is 6.92 Å². The number of carbonyl (C=O) groups excluding carboxylic acids is 1. The summed E-state index contributed by atoms with van der Waals surface area (Å²) in [6.45, 7) is 1.34. The normalized spacial score (nSPS) is 11.7. The number of nitro benzene ring substituents is 1. The maximum Gasteiger partial charge on any atom is 0.271 e. The number of carbonyl (C=O) groups is 1. The van der Waals surface area contributed by atoms with Gasteiger partial charge >= 0.3 is 0 Å². The molecule has 0 aliphatic carbocycles. The molecule has 0 aliphatic rings. The molecule has 0 saturated heterocycles. The first-order chi connectivity index (χ1) is 11.3. The summed E-state index contributed by atoms with van der Waals surface area (Å²) in [4.78, 5) is 22.0. The van der Waals surface area contributed by atoms with Crippen LogP contribution in [0.25, 0.3) is 0 Å². The number of benzene rings is 2. The van der Waals surface area contributed by atoms with Gasteiger partial charge in [0.05, 0.1) is 9.95 Å². The zero-order valence-corrected chi connectivity index (χ0v) is 13.0. The summed E-state index contributed by atoms with van der Waals surface area (Å²) < 4.78 is 32.3. The van der Waals surface area contributed by atoms with Gasteiger partial charge in [-0.2, -0.15) is 0 Å². The molecule has 0 saturated carbocycles. The molecule has 0 bridgehead atoms. The third kappa shape index (κ3) is 3.96. The van der Waals surface area contributed by atoms with Gasteiger partial charge in [-0.25, -0.2) is 8.78 Å². The summed E-state index contributed by atoms with van der Waals surface area (Å²) in [7, 11) is 0. The summed E-state index contributed by atoms with van der Waals surface area (Å²) in [5, 5.41) is 12.6. The predicted molar refractivity (Wildman–Crippen MR) is 83.2 cm³/mol. The second-order valence-electron chi connectivity index (χ2n) is 4.72. The van der Waals surface area contributed by atoms with Crippen LogP contribution in [0, 0.1) is 21.7 Å². The first-order valence-corrected chi connectivity index (χ1v) is 7.03. The lowest BCUT2D eigenvalue weighted by Crippen LogP contribution is -2.31. The van der Waals surface area contributed by atoms with Crippen LogP contribution in [0.4, 0.5) is 20.2 Å². The Hall–Kier alpha value is -2.74. The molecule has 2 aromatic rings. The van der Waals surface area contributed by atoms with Crippen molar-refractivity contribution in [3.63, 3.8) is 0 Å². The number of hydrogen-bond donors (Lipinski definition) is 1. The number of nitrogens with one attached hydrogen (secondary N) is 1. The number of para-hydroxylation sites is 1. The van der Waals surface area contributed by atoms with E-state index in [0.29, 0.717) is 0 Å². The Bertz CT molecular complexity index is 781. The number of anilines is 1. The maximum absolute atomic E-state index is 13.5. The largest absolute Gasteiger partial charge is 0.479 e. The summed E-state index contributed by atoms with van der Waals surface area (Å²) in [5.74, 6) is -2.64. The summed E-state index contributed by atoms with van der Waals surface area (Å²) in [6, 6.07) is 6.61. The van der Waals surface area contributed by atoms with E-state index in [-0.39, 0.29) is 16.5 Å². The van der Waals surface area contributed by atoms with Gasteiger partial charge in [-0.3, -0.25) is 14.9 Å². The van der Waals surface area contributed by atoms with Crippen molar-refractivity contribution >= 4 is 28.9 Å². The van der Waals surface area contributed by atoms with Crippen molar-refractivity contribution < 1.29 is 23.2 Å². The Balaban J connectivity index is 2.11. The molecule has 1 N–H and O–H groups in total. The van der Waals surface area contributed by atoms with Gasteiger partial charge in [0.1, 0.15) is 23.1 Å². The molecule has 0 fully saturated rings. The number of nitrogens with zero attached hydrogens (tertiary/aromatic N) is 1. The van der Waals surface area contributed by atoms with Crippen LogP contribution >= 0.6 is 11.6 Å². The number of non-ortho nitro benzene ring substituents is 1. The monoisotopic (exact) mass is 356 g/mol. The van der Waals surface area contributed by atoms with Crippen LogP contribution in [0.15, 0.2) is 36.4 Å². The quantitative estimate of drug-likeness (QED) is 0.650. The molecule has 24 heavy (non-hydrogen) atoms. The Morgan fingerprint density at radius 3 is 2.46 bits per heavy atom. The average molecular weight is 357 g/mol. The summed E-state index contributed by atoms with van der Waals surface area (Å²) in [6.07, 6.45) is -1.15. The summed E-state index contributed by atoms with van der Waals surface area (Å²) >= 11 is 5.85. The summed E-state index contributed by atoms with van der Waals surface area (Å²) in [5.41, 5.74) is -0.828. The number of ether oxygens (including phenoxy) is 1. The Morgan fingerprint density at radius 1 is 1.29 bits per heavy atom. The van der Waals surface area contributed by atoms with E-state index in [0.717, 1.165) is 30.3 Å². The van der Waals surface area contributed by atoms with Crippen LogP contribution < -0.4 is 10.1 Å². The molecule has 6 nitrogen and oxygen atoms in total. The van der Waals surface area contributed by atoms with Crippen LogP contribution in [0.2, 0.25) is 5.02 Å². The van der Waals surface area contributed by atoms with E-state index >= 15 is 0 Å². The van der Waals surface area contributed by atoms with Gasteiger partial charge in [0.15, 0.2) is 6.10 Å². The van der Waals surface area contributed by atoms with E-state index in [2.05, 4.69) is 5.32 Å². The van der Waals surface area contributed by atoms with E-state index in [1.165, 1.54) is 13.0 Å². The molecule has 0 unspecified atom stereocenters. The van der Waals surface area contributed by atoms with Crippen molar-refractivity contribution in [1.29, 1.82) is 0 Å². The van der Waals surface area contributed by atoms with Crippen molar-refractivity contribution in [3.8, 4) is 5.75 Å². The lowest BCUT2D eigenvalue weighted by Gasteiger charge is -2.16. The highest BCUT2D eigenvalue weighted by Gasteiger charge is 2.20. The molecule has 126 valence electrons. The van der Waals surface area contributed by atoms with Gasteiger partial charge in [0.2, 0.25) is 0 Å². The molecule has 0 heterocycles. The van der Waals surface area contributed by atoms with Crippen LogP contribution in [-0.2, 0) is 4.79 Å². The third-order valence-corrected chi connectivity index (χ3v) is 3.31. The second kappa shape index (κ2) is 7.22. The zero-order valence-electron chi connectivity index (χ0n) is 12.3. The minimum atomic E-state index is -1.15. The lowest BCUT2D eigenvalue weighted by molar-refractivity contribution is -0.384. The topological polar surface area (TPSA) is 81.5 Å². The van der Waals surface area contributed by atoms with E-state index in [1.54, 1.807) is 0 Å². The van der Waals surface area contributed by atoms with Gasteiger partial charge < -0.3 is 10.1 Å². The minimum absolute atomic E-state index is 0.0268. The van der Waals surface area contributed by atoms with Crippen LogP contribution in [0.3, 0.4) is 0 Å². The van der Waals surface area contributed by atoms with Gasteiger partial charge in [-0.1, -0.05) is 17.7 Å².